The normalized spacial score (nSPS) is 11.7. The molecule has 0 saturated heterocycles. The Bertz CT molecular complexity index is 1300. The third kappa shape index (κ3) is 3.99. The van der Waals surface area contributed by atoms with Gasteiger partial charge in [-0.3, -0.25) is 0 Å². The zero-order chi connectivity index (χ0) is 23.2. The molecule has 0 spiro atoms. The lowest BCUT2D eigenvalue weighted by atomic mass is 9.95. The maximum absolute atomic E-state index is 4.81. The highest BCUT2D eigenvalue weighted by atomic mass is 15.0. The summed E-state index contributed by atoms with van der Waals surface area (Å²) in [6, 6.07) is 10.8. The molecule has 0 aliphatic rings. The first kappa shape index (κ1) is 22.0. The molecule has 0 bridgehead atoms. The van der Waals surface area contributed by atoms with Crippen molar-refractivity contribution in [2.45, 2.75) is 60.3 Å². The molecule has 2 heterocycles. The zero-order valence-electron chi connectivity index (χ0n) is 20.4. The quantitative estimate of drug-likeness (QED) is 0.390. The van der Waals surface area contributed by atoms with Crippen LogP contribution in [0.3, 0.4) is 0 Å². The van der Waals surface area contributed by atoms with E-state index in [9.17, 15) is 0 Å². The second kappa shape index (κ2) is 8.38. The predicted octanol–water partition coefficient (Wildman–Crippen LogP) is 5.75. The molecule has 4 aromatic rings. The number of benzene rings is 2. The molecule has 0 fully saturated rings. The molecule has 2 aromatic carbocycles. The molecular formula is C27H32N5+. The topological polar surface area (TPSA) is 55.4 Å². The molecule has 0 radical (unpaired) electrons. The van der Waals surface area contributed by atoms with Gasteiger partial charge in [-0.1, -0.05) is 39.3 Å². The van der Waals surface area contributed by atoms with E-state index < -0.39 is 0 Å². The van der Waals surface area contributed by atoms with E-state index >= 15 is 0 Å². The van der Waals surface area contributed by atoms with Crippen molar-refractivity contribution < 1.29 is 4.57 Å². The number of hydrogen-bond donors (Lipinski definition) is 0. The summed E-state index contributed by atoms with van der Waals surface area (Å²) in [5, 5.41) is 1.10. The van der Waals surface area contributed by atoms with Crippen LogP contribution in [0.15, 0.2) is 36.7 Å². The summed E-state index contributed by atoms with van der Waals surface area (Å²) in [5.41, 5.74) is 8.17. The average molecular weight is 427 g/mol. The van der Waals surface area contributed by atoms with Crippen molar-refractivity contribution in [1.29, 1.82) is 0 Å². The molecule has 4 rings (SSSR count). The third-order valence-corrected chi connectivity index (χ3v) is 6.00. The van der Waals surface area contributed by atoms with Gasteiger partial charge in [-0.05, 0) is 61.1 Å². The lowest BCUT2D eigenvalue weighted by Gasteiger charge is -2.14. The molecule has 2 aromatic heterocycles. The number of rotatable bonds is 4. The molecule has 0 saturated carbocycles. The van der Waals surface area contributed by atoms with Crippen LogP contribution in [0.25, 0.3) is 33.5 Å². The highest BCUT2D eigenvalue weighted by Gasteiger charge is 2.20. The Hall–Kier alpha value is -3.21. The van der Waals surface area contributed by atoms with Gasteiger partial charge in [0, 0.05) is 23.0 Å². The molecule has 0 aliphatic carbocycles. The van der Waals surface area contributed by atoms with Gasteiger partial charge in [0.25, 0.3) is 6.33 Å². The number of aryl methyl sites for hydroxylation is 3. The molecule has 32 heavy (non-hydrogen) atoms. The molecule has 0 aliphatic heterocycles. The van der Waals surface area contributed by atoms with E-state index in [4.69, 9.17) is 15.0 Å². The summed E-state index contributed by atoms with van der Waals surface area (Å²) >= 11 is 0. The molecule has 164 valence electrons. The average Bonchev–Trinajstić information content (AvgIpc) is 2.75. The molecule has 0 atom stereocenters. The monoisotopic (exact) mass is 426 g/mol. The van der Waals surface area contributed by atoms with Crippen LogP contribution in [-0.4, -0.2) is 19.9 Å². The Balaban J connectivity index is 2.00. The molecule has 5 nitrogen and oxygen atoms in total. The van der Waals surface area contributed by atoms with Crippen LogP contribution >= 0.6 is 0 Å². The van der Waals surface area contributed by atoms with Crippen LogP contribution in [0.5, 0.6) is 0 Å². The Morgan fingerprint density at radius 2 is 1.47 bits per heavy atom. The maximum atomic E-state index is 4.81. The van der Waals surface area contributed by atoms with Crippen LogP contribution < -0.4 is 4.57 Å². The number of nitrogens with zero attached hydrogens (tertiary/aromatic N) is 5. The van der Waals surface area contributed by atoms with Gasteiger partial charge >= 0.3 is 0 Å². The third-order valence-electron chi connectivity index (χ3n) is 6.00. The Labute approximate surface area is 190 Å². The molecule has 0 amide bonds. The van der Waals surface area contributed by atoms with Gasteiger partial charge in [-0.15, -0.1) is 0 Å². The Morgan fingerprint density at radius 3 is 2.09 bits per heavy atom. The standard InChI is InChI=1S/C27H32N5/c1-15(2)25-29-26(16(3)4)31-27(30-25)20-9-10-23-22(13-20)24(32(8)14-28-23)21-12-17(5)11-18(6)19(21)7/h9-16H,1-8H3/q+1. The molecule has 5 heteroatoms. The number of hydrogen-bond acceptors (Lipinski definition) is 4. The Kier molecular flexibility index (Phi) is 5.76. The second-order valence-corrected chi connectivity index (χ2v) is 9.38. The minimum Gasteiger partial charge on any atom is -0.232 e. The SMILES string of the molecule is Cc1cc(C)c(C)c(-c2c3cc(-c4nc(C(C)C)nc(C(C)C)n4)ccc3nc[n+]2C)c1. The van der Waals surface area contributed by atoms with Crippen LogP contribution in [-0.2, 0) is 7.05 Å². The van der Waals surface area contributed by atoms with E-state index in [1.54, 1.807) is 0 Å². The predicted molar refractivity (Wildman–Crippen MR) is 130 cm³/mol. The van der Waals surface area contributed by atoms with Crippen molar-refractivity contribution in [1.82, 2.24) is 19.9 Å². The van der Waals surface area contributed by atoms with Crippen LogP contribution in [0.4, 0.5) is 0 Å². The fourth-order valence-electron chi connectivity index (χ4n) is 4.05. The van der Waals surface area contributed by atoms with Gasteiger partial charge in [0.2, 0.25) is 0 Å². The van der Waals surface area contributed by atoms with Gasteiger partial charge in [0.05, 0.1) is 12.4 Å². The minimum atomic E-state index is 0.239. The Morgan fingerprint density at radius 1 is 0.812 bits per heavy atom. The smallest absolute Gasteiger partial charge is 0.232 e. The fourth-order valence-corrected chi connectivity index (χ4v) is 4.05. The van der Waals surface area contributed by atoms with Gasteiger partial charge < -0.3 is 0 Å². The maximum Gasteiger partial charge on any atom is 0.287 e. The van der Waals surface area contributed by atoms with E-state index in [2.05, 4.69) is 95.4 Å². The number of fused-ring (bicyclic) bond motifs is 1. The molecule has 0 N–H and O–H groups in total. The highest BCUT2D eigenvalue weighted by Crippen LogP contribution is 2.32. The van der Waals surface area contributed by atoms with E-state index in [0.717, 1.165) is 39.6 Å². The fraction of sp³-hybridized carbons (Fsp3) is 0.370. The summed E-state index contributed by atoms with van der Waals surface area (Å²) in [7, 11) is 2.06. The lowest BCUT2D eigenvalue weighted by molar-refractivity contribution is -0.662. The van der Waals surface area contributed by atoms with E-state index in [1.165, 1.54) is 22.3 Å². The zero-order valence-corrected chi connectivity index (χ0v) is 20.4. The summed E-state index contributed by atoms with van der Waals surface area (Å²) in [6.45, 7) is 15.0. The van der Waals surface area contributed by atoms with Crippen molar-refractivity contribution in [3.05, 3.63) is 65.0 Å². The van der Waals surface area contributed by atoms with Crippen molar-refractivity contribution in [3.8, 4) is 22.6 Å². The van der Waals surface area contributed by atoms with Crippen molar-refractivity contribution in [3.63, 3.8) is 0 Å². The summed E-state index contributed by atoms with van der Waals surface area (Å²) in [5.74, 6) is 2.87. The van der Waals surface area contributed by atoms with E-state index in [-0.39, 0.29) is 11.8 Å². The lowest BCUT2D eigenvalue weighted by Crippen LogP contribution is -2.32. The van der Waals surface area contributed by atoms with Gasteiger partial charge in [0.15, 0.2) is 11.3 Å². The molecular weight excluding hydrogens is 394 g/mol. The first-order valence-corrected chi connectivity index (χ1v) is 11.3. The van der Waals surface area contributed by atoms with E-state index in [1.807, 2.05) is 6.33 Å². The van der Waals surface area contributed by atoms with Crippen LogP contribution in [0.1, 0.15) is 67.9 Å². The summed E-state index contributed by atoms with van der Waals surface area (Å²) in [4.78, 5) is 19.0. The van der Waals surface area contributed by atoms with Crippen LogP contribution in [0.2, 0.25) is 0 Å². The van der Waals surface area contributed by atoms with Gasteiger partial charge in [0.1, 0.15) is 17.3 Å². The first-order valence-electron chi connectivity index (χ1n) is 11.3. The first-order chi connectivity index (χ1) is 15.2. The van der Waals surface area contributed by atoms with Crippen molar-refractivity contribution in [2.24, 2.45) is 7.05 Å². The minimum absolute atomic E-state index is 0.239. The van der Waals surface area contributed by atoms with Crippen molar-refractivity contribution in [2.75, 3.05) is 0 Å². The van der Waals surface area contributed by atoms with Gasteiger partial charge in [-0.25, -0.2) is 19.5 Å². The summed E-state index contributed by atoms with van der Waals surface area (Å²) in [6.07, 6.45) is 1.89. The number of aromatic nitrogens is 5. The van der Waals surface area contributed by atoms with E-state index in [0.29, 0.717) is 0 Å². The molecule has 0 unspecified atom stereocenters. The van der Waals surface area contributed by atoms with Crippen molar-refractivity contribution >= 4 is 10.9 Å². The van der Waals surface area contributed by atoms with Gasteiger partial charge in [-0.2, -0.15) is 0 Å². The largest absolute Gasteiger partial charge is 0.287 e. The second-order valence-electron chi connectivity index (χ2n) is 9.38. The highest BCUT2D eigenvalue weighted by molar-refractivity contribution is 5.94. The summed E-state index contributed by atoms with van der Waals surface area (Å²) < 4.78 is 2.11. The van der Waals surface area contributed by atoms with Crippen LogP contribution in [0, 0.1) is 20.8 Å².